The van der Waals surface area contributed by atoms with Gasteiger partial charge in [-0.3, -0.25) is 0 Å². The Morgan fingerprint density at radius 1 is 1.04 bits per heavy atom. The number of hydrogen-bond donors (Lipinski definition) is 0. The quantitative estimate of drug-likeness (QED) is 0.158. The summed E-state index contributed by atoms with van der Waals surface area (Å²) in [6.07, 6.45) is -0.306. The number of hydrogen-bond acceptors (Lipinski definition) is 5. The monoisotopic (exact) mass is 472 g/mol. The van der Waals surface area contributed by atoms with Crippen molar-refractivity contribution in [1.29, 1.82) is 0 Å². The molecule has 0 spiro atoms. The molecule has 9 heteroatoms. The van der Waals surface area contributed by atoms with Crippen molar-refractivity contribution in [3.63, 3.8) is 0 Å². The van der Waals surface area contributed by atoms with E-state index in [-0.39, 0.29) is 30.6 Å². The largest absolute Gasteiger partial charge is 0.505 e. The van der Waals surface area contributed by atoms with E-state index in [0.717, 1.165) is 0 Å². The summed E-state index contributed by atoms with van der Waals surface area (Å²) in [5, 5.41) is 0. The number of rotatable bonds is 11. The molecule has 0 aromatic heterocycles. The van der Waals surface area contributed by atoms with Crippen LogP contribution < -0.4 is 0 Å². The molecule has 0 unspecified atom stereocenters. The maximum atomic E-state index is 12.4. The van der Waals surface area contributed by atoms with Crippen LogP contribution in [-0.4, -0.2) is 50.2 Å². The highest BCUT2D eigenvalue weighted by Crippen LogP contribution is 2.22. The molecule has 7 nitrogen and oxygen atoms in total. The molecule has 0 heterocycles. The van der Waals surface area contributed by atoms with Gasteiger partial charge in [0, 0.05) is 22.8 Å². The van der Waals surface area contributed by atoms with E-state index in [0.29, 0.717) is 16.1 Å². The number of nitrogens with zero attached hydrogens (tertiary/aromatic N) is 2. The van der Waals surface area contributed by atoms with Gasteiger partial charge in [0.25, 0.3) is 0 Å². The lowest BCUT2D eigenvalue weighted by molar-refractivity contribution is -0.139. The molecule has 0 saturated heterocycles. The summed E-state index contributed by atoms with van der Waals surface area (Å²) in [6.45, 7) is 11.5. The molecule has 0 aliphatic heterocycles. The fourth-order valence-electron chi connectivity index (χ4n) is 2.53. The average molecular weight is 473 g/mol. The first kappa shape index (κ1) is 24.7. The summed E-state index contributed by atoms with van der Waals surface area (Å²) in [5.74, 6) is -0.740. The molecular weight excluding hydrogens is 444 g/mol. The summed E-state index contributed by atoms with van der Waals surface area (Å²) >= 11 is 3.33. The van der Waals surface area contributed by atoms with Crippen LogP contribution in [0.2, 0.25) is 6.04 Å². The van der Waals surface area contributed by atoms with Gasteiger partial charge in [-0.15, -0.1) is 0 Å². The fourth-order valence-corrected chi connectivity index (χ4v) is 6.03. The van der Waals surface area contributed by atoms with E-state index in [1.165, 1.54) is 0 Å². The number of carbonyl (C=O) groups excluding carboxylic acids is 1. The van der Waals surface area contributed by atoms with Crippen LogP contribution in [0.1, 0.15) is 47.1 Å². The van der Waals surface area contributed by atoms with E-state index in [4.69, 9.17) is 18.0 Å². The second-order valence-corrected chi connectivity index (χ2v) is 10.4. The first-order valence-corrected chi connectivity index (χ1v) is 12.0. The molecule has 0 saturated carbocycles. The lowest BCUT2D eigenvalue weighted by Gasteiger charge is -2.34. The third-order valence-electron chi connectivity index (χ3n) is 3.31. The molecule has 0 atom stereocenters. The summed E-state index contributed by atoms with van der Waals surface area (Å²) in [7, 11) is -3.08. The zero-order valence-corrected chi connectivity index (χ0v) is 19.9. The predicted octanol–water partition coefficient (Wildman–Crippen LogP) is 4.23. The Morgan fingerprint density at radius 2 is 1.54 bits per heavy atom. The molecule has 1 aromatic carbocycles. The highest BCUT2D eigenvalue weighted by molar-refractivity contribution is 9.10. The Bertz CT molecular complexity index is 679. The van der Waals surface area contributed by atoms with Gasteiger partial charge in [-0.05, 0) is 69.6 Å². The number of benzene rings is 1. The van der Waals surface area contributed by atoms with Crippen molar-refractivity contribution < 1.29 is 27.6 Å². The Labute approximate surface area is 176 Å². The molecule has 156 valence electrons. The van der Waals surface area contributed by atoms with Gasteiger partial charge in [0.05, 0.1) is 18.2 Å². The van der Waals surface area contributed by atoms with Crippen molar-refractivity contribution in [1.82, 2.24) is 0 Å². The van der Waals surface area contributed by atoms with Gasteiger partial charge in [0.15, 0.2) is 0 Å². The minimum atomic E-state index is -3.08. The Balaban J connectivity index is 2.90. The molecule has 0 aliphatic rings. The van der Waals surface area contributed by atoms with Crippen molar-refractivity contribution in [3.8, 4) is 0 Å². The topological polar surface area (TPSA) is 90.4 Å². The smallest absolute Gasteiger partial charge is 0.457 e. The van der Waals surface area contributed by atoms with Crippen molar-refractivity contribution in [2.24, 2.45) is 0 Å². The molecule has 0 fully saturated rings. The van der Waals surface area contributed by atoms with Crippen LogP contribution in [0.15, 0.2) is 28.7 Å². The summed E-state index contributed by atoms with van der Waals surface area (Å²) < 4.78 is 24.1. The molecule has 0 amide bonds. The van der Waals surface area contributed by atoms with Crippen LogP contribution >= 0.6 is 15.9 Å². The van der Waals surface area contributed by atoms with Crippen molar-refractivity contribution in [3.05, 3.63) is 39.8 Å². The van der Waals surface area contributed by atoms with Crippen molar-refractivity contribution in [2.75, 3.05) is 6.61 Å². The van der Waals surface area contributed by atoms with Gasteiger partial charge < -0.3 is 23.5 Å². The molecule has 0 aliphatic carbocycles. The lowest BCUT2D eigenvalue weighted by atomic mass is 10.1. The van der Waals surface area contributed by atoms with E-state index in [9.17, 15) is 10.3 Å². The maximum absolute atomic E-state index is 12.4. The minimum Gasteiger partial charge on any atom is -0.457 e. The van der Waals surface area contributed by atoms with Crippen LogP contribution in [0.3, 0.4) is 0 Å². The van der Waals surface area contributed by atoms with Gasteiger partial charge in [-0.25, -0.2) is 4.79 Å². The number of ether oxygens (including phenoxy) is 1. The second-order valence-electron chi connectivity index (χ2n) is 7.00. The van der Waals surface area contributed by atoms with Gasteiger partial charge >= 0.3 is 20.5 Å². The molecule has 28 heavy (non-hydrogen) atoms. The third-order valence-corrected chi connectivity index (χ3v) is 7.31. The van der Waals surface area contributed by atoms with Crippen molar-refractivity contribution in [2.45, 2.75) is 65.9 Å². The SMILES string of the molecule is CC(C)O[Si](CCOC(=O)C(=[N+]=[N-])c1ccccc1Br)(OC(C)C)OC(C)C. The number of esters is 1. The van der Waals surface area contributed by atoms with Gasteiger partial charge in [-0.2, -0.15) is 4.79 Å². The van der Waals surface area contributed by atoms with E-state index >= 15 is 0 Å². The fraction of sp³-hybridized carbons (Fsp3) is 0.579. The van der Waals surface area contributed by atoms with E-state index < -0.39 is 14.8 Å². The standard InChI is InChI=1S/C19H29BrN2O5Si/c1-13(2)25-28(26-14(3)4,27-15(5)6)12-11-24-19(23)18(22-21)16-9-7-8-10-17(16)20/h7-10,13-15H,11-12H2,1-6H3. The van der Waals surface area contributed by atoms with Gasteiger partial charge in [0.1, 0.15) is 0 Å². The Hall–Kier alpha value is -1.35. The van der Waals surface area contributed by atoms with Crippen LogP contribution in [0.25, 0.3) is 5.53 Å². The van der Waals surface area contributed by atoms with E-state index in [1.54, 1.807) is 24.3 Å². The van der Waals surface area contributed by atoms with Crippen LogP contribution in [0.4, 0.5) is 0 Å². The van der Waals surface area contributed by atoms with Crippen LogP contribution in [0, 0.1) is 0 Å². The van der Waals surface area contributed by atoms with Gasteiger partial charge in [0.2, 0.25) is 0 Å². The predicted molar refractivity (Wildman–Crippen MR) is 112 cm³/mol. The second kappa shape index (κ2) is 11.6. The summed E-state index contributed by atoms with van der Waals surface area (Å²) in [4.78, 5) is 15.5. The normalized spacial score (nSPS) is 11.8. The van der Waals surface area contributed by atoms with E-state index in [2.05, 4.69) is 20.7 Å². The molecule has 1 rings (SSSR count). The third kappa shape index (κ3) is 7.95. The van der Waals surface area contributed by atoms with Crippen LogP contribution in [-0.2, 0) is 22.8 Å². The summed E-state index contributed by atoms with van der Waals surface area (Å²) in [5.41, 5.74) is 9.55. The molecular formula is C19H29BrN2O5Si. The highest BCUT2D eigenvalue weighted by Gasteiger charge is 2.44. The first-order chi connectivity index (χ1) is 13.1. The molecule has 0 bridgehead atoms. The van der Waals surface area contributed by atoms with Gasteiger partial charge in [-0.1, -0.05) is 12.1 Å². The summed E-state index contributed by atoms with van der Waals surface area (Å²) in [6, 6.07) is 7.23. The van der Waals surface area contributed by atoms with E-state index in [1.807, 2.05) is 41.5 Å². The highest BCUT2D eigenvalue weighted by atomic mass is 79.9. The Kier molecular flexibility index (Phi) is 10.2. The lowest BCUT2D eigenvalue weighted by Crippen LogP contribution is -2.51. The Morgan fingerprint density at radius 3 is 1.96 bits per heavy atom. The zero-order chi connectivity index (χ0) is 21.3. The molecule has 0 radical (unpaired) electrons. The first-order valence-electron chi connectivity index (χ1n) is 9.27. The van der Waals surface area contributed by atoms with Crippen LogP contribution in [0.5, 0.6) is 0 Å². The molecule has 1 aromatic rings. The maximum Gasteiger partial charge on any atom is 0.505 e. The molecule has 0 N–H and O–H groups in total. The number of carbonyl (C=O) groups is 1. The number of halogens is 1. The minimum absolute atomic E-state index is 0.0146. The average Bonchev–Trinajstić information content (AvgIpc) is 2.55. The van der Waals surface area contributed by atoms with Crippen molar-refractivity contribution >= 4 is 36.4 Å². The zero-order valence-electron chi connectivity index (χ0n) is 17.3.